The van der Waals surface area contributed by atoms with Crippen molar-refractivity contribution in [3.8, 4) is 0 Å². The average Bonchev–Trinajstić information content (AvgIpc) is 2.43. The van der Waals surface area contributed by atoms with Crippen LogP contribution in [-0.2, 0) is 0 Å². The smallest absolute Gasteiger partial charge is 0.127 e. The highest BCUT2D eigenvalue weighted by Gasteiger charge is 2.21. The van der Waals surface area contributed by atoms with Gasteiger partial charge in [0.1, 0.15) is 5.82 Å². The fourth-order valence-electron chi connectivity index (χ4n) is 2.20. The van der Waals surface area contributed by atoms with E-state index >= 15 is 0 Å². The Kier molecular flexibility index (Phi) is 7.42. The third kappa shape index (κ3) is 4.79. The van der Waals surface area contributed by atoms with Crippen LogP contribution in [0.1, 0.15) is 31.9 Å². The topological polar surface area (TPSA) is 29.3 Å². The van der Waals surface area contributed by atoms with Gasteiger partial charge < -0.3 is 5.73 Å². The molecule has 108 valence electrons. The van der Waals surface area contributed by atoms with Crippen LogP contribution in [0.5, 0.6) is 0 Å². The molecule has 0 aliphatic carbocycles. The molecular formula is C15H25FN2S. The number of thioether (sulfide) groups is 1. The summed E-state index contributed by atoms with van der Waals surface area (Å²) in [4.78, 5) is 2.19. The molecular weight excluding hydrogens is 259 g/mol. The number of benzene rings is 1. The SMILES string of the molecule is CCSCCC(CN)N(C)C(C)c1ccccc1F. The molecule has 2 unspecified atom stereocenters. The first kappa shape index (κ1) is 16.5. The van der Waals surface area contributed by atoms with Gasteiger partial charge in [-0.15, -0.1) is 0 Å². The van der Waals surface area contributed by atoms with Crippen molar-refractivity contribution in [2.75, 3.05) is 25.1 Å². The van der Waals surface area contributed by atoms with Gasteiger partial charge in [-0.25, -0.2) is 4.39 Å². The third-order valence-corrected chi connectivity index (χ3v) is 4.55. The molecule has 2 N–H and O–H groups in total. The summed E-state index contributed by atoms with van der Waals surface area (Å²) in [5, 5.41) is 0. The molecule has 2 atom stereocenters. The van der Waals surface area contributed by atoms with E-state index in [1.165, 1.54) is 6.07 Å². The van der Waals surface area contributed by atoms with Gasteiger partial charge >= 0.3 is 0 Å². The van der Waals surface area contributed by atoms with Crippen molar-refractivity contribution in [3.63, 3.8) is 0 Å². The Balaban J connectivity index is 2.68. The molecule has 0 amide bonds. The molecule has 2 nitrogen and oxygen atoms in total. The van der Waals surface area contributed by atoms with Crippen LogP contribution in [0.15, 0.2) is 24.3 Å². The molecule has 0 bridgehead atoms. The standard InChI is InChI=1S/C15H25FN2S/c1-4-19-10-9-13(11-17)18(3)12(2)14-7-5-6-8-15(14)16/h5-8,12-13H,4,9-11,17H2,1-3H3. The largest absolute Gasteiger partial charge is 0.329 e. The monoisotopic (exact) mass is 284 g/mol. The van der Waals surface area contributed by atoms with Crippen LogP contribution in [0.4, 0.5) is 4.39 Å². The van der Waals surface area contributed by atoms with Gasteiger partial charge in [0, 0.05) is 24.2 Å². The van der Waals surface area contributed by atoms with E-state index in [1.807, 2.05) is 37.9 Å². The molecule has 0 fully saturated rings. The van der Waals surface area contributed by atoms with Gasteiger partial charge in [-0.05, 0) is 38.0 Å². The van der Waals surface area contributed by atoms with Gasteiger partial charge in [0.05, 0.1) is 0 Å². The number of nitrogens with zero attached hydrogens (tertiary/aromatic N) is 1. The molecule has 0 aliphatic rings. The summed E-state index contributed by atoms with van der Waals surface area (Å²) in [5.74, 6) is 2.09. The zero-order chi connectivity index (χ0) is 14.3. The second-order valence-corrected chi connectivity index (χ2v) is 6.13. The minimum Gasteiger partial charge on any atom is -0.329 e. The predicted molar refractivity (Wildman–Crippen MR) is 83.0 cm³/mol. The van der Waals surface area contributed by atoms with Crippen LogP contribution in [0.2, 0.25) is 0 Å². The van der Waals surface area contributed by atoms with Crippen LogP contribution in [0.3, 0.4) is 0 Å². The van der Waals surface area contributed by atoms with Gasteiger partial charge in [-0.3, -0.25) is 4.90 Å². The van der Waals surface area contributed by atoms with Crippen molar-refractivity contribution in [1.29, 1.82) is 0 Å². The van der Waals surface area contributed by atoms with Crippen LogP contribution in [0.25, 0.3) is 0 Å². The lowest BCUT2D eigenvalue weighted by Crippen LogP contribution is -2.40. The van der Waals surface area contributed by atoms with Gasteiger partial charge in [0.2, 0.25) is 0 Å². The van der Waals surface area contributed by atoms with Crippen molar-refractivity contribution in [3.05, 3.63) is 35.6 Å². The first-order valence-electron chi connectivity index (χ1n) is 6.86. The van der Waals surface area contributed by atoms with E-state index in [2.05, 4.69) is 11.8 Å². The quantitative estimate of drug-likeness (QED) is 0.743. The predicted octanol–water partition coefficient (Wildman–Crippen LogP) is 3.29. The van der Waals surface area contributed by atoms with Gasteiger partial charge in [0.15, 0.2) is 0 Å². The molecule has 0 saturated heterocycles. The highest BCUT2D eigenvalue weighted by Crippen LogP contribution is 2.24. The van der Waals surface area contributed by atoms with Gasteiger partial charge in [-0.1, -0.05) is 25.1 Å². The van der Waals surface area contributed by atoms with E-state index in [-0.39, 0.29) is 11.9 Å². The molecule has 0 aliphatic heterocycles. The Morgan fingerprint density at radius 3 is 2.63 bits per heavy atom. The zero-order valence-electron chi connectivity index (χ0n) is 12.1. The fraction of sp³-hybridized carbons (Fsp3) is 0.600. The lowest BCUT2D eigenvalue weighted by molar-refractivity contribution is 0.182. The van der Waals surface area contributed by atoms with Gasteiger partial charge in [-0.2, -0.15) is 11.8 Å². The van der Waals surface area contributed by atoms with Crippen molar-refractivity contribution in [2.45, 2.75) is 32.4 Å². The first-order valence-corrected chi connectivity index (χ1v) is 8.01. The Morgan fingerprint density at radius 2 is 2.05 bits per heavy atom. The van der Waals surface area contributed by atoms with E-state index in [0.717, 1.165) is 23.5 Å². The van der Waals surface area contributed by atoms with E-state index in [1.54, 1.807) is 6.07 Å². The number of nitrogens with two attached hydrogens (primary N) is 1. The van der Waals surface area contributed by atoms with Crippen molar-refractivity contribution >= 4 is 11.8 Å². The number of likely N-dealkylation sites (N-methyl/N-ethyl adjacent to an activating group) is 1. The second-order valence-electron chi connectivity index (χ2n) is 4.74. The van der Waals surface area contributed by atoms with Crippen LogP contribution in [0, 0.1) is 5.82 Å². The normalized spacial score (nSPS) is 14.6. The number of hydrogen-bond donors (Lipinski definition) is 1. The summed E-state index contributed by atoms with van der Waals surface area (Å²) in [6.07, 6.45) is 1.05. The van der Waals surface area contributed by atoms with E-state index in [0.29, 0.717) is 12.6 Å². The van der Waals surface area contributed by atoms with Crippen molar-refractivity contribution in [2.24, 2.45) is 5.73 Å². The average molecular weight is 284 g/mol. The maximum Gasteiger partial charge on any atom is 0.127 e. The number of hydrogen-bond acceptors (Lipinski definition) is 3. The summed E-state index contributed by atoms with van der Waals surface area (Å²) in [5.41, 5.74) is 6.61. The molecule has 19 heavy (non-hydrogen) atoms. The fourth-order valence-corrected chi connectivity index (χ4v) is 2.93. The summed E-state index contributed by atoms with van der Waals surface area (Å²) < 4.78 is 13.8. The summed E-state index contributed by atoms with van der Waals surface area (Å²) in [6, 6.07) is 7.32. The third-order valence-electron chi connectivity index (χ3n) is 3.61. The van der Waals surface area contributed by atoms with Crippen LogP contribution < -0.4 is 5.73 Å². The highest BCUT2D eigenvalue weighted by atomic mass is 32.2. The van der Waals surface area contributed by atoms with E-state index < -0.39 is 0 Å². The summed E-state index contributed by atoms with van der Waals surface area (Å²) in [7, 11) is 2.03. The first-order chi connectivity index (χ1) is 9.11. The Hall–Kier alpha value is -0.580. The molecule has 0 spiro atoms. The van der Waals surface area contributed by atoms with E-state index in [4.69, 9.17) is 5.73 Å². The van der Waals surface area contributed by atoms with Crippen LogP contribution in [-0.4, -0.2) is 36.0 Å². The maximum absolute atomic E-state index is 13.8. The zero-order valence-corrected chi connectivity index (χ0v) is 12.9. The molecule has 1 aromatic carbocycles. The van der Waals surface area contributed by atoms with Crippen molar-refractivity contribution < 1.29 is 4.39 Å². The molecule has 0 saturated carbocycles. The van der Waals surface area contributed by atoms with Crippen LogP contribution >= 0.6 is 11.8 Å². The minimum atomic E-state index is -0.138. The molecule has 0 heterocycles. The Morgan fingerprint density at radius 1 is 1.37 bits per heavy atom. The lowest BCUT2D eigenvalue weighted by Gasteiger charge is -2.33. The Bertz CT molecular complexity index is 373. The second kappa shape index (κ2) is 8.56. The Labute approximate surface area is 120 Å². The number of rotatable bonds is 8. The lowest BCUT2D eigenvalue weighted by atomic mass is 10.0. The molecule has 1 aromatic rings. The molecule has 0 aromatic heterocycles. The van der Waals surface area contributed by atoms with Crippen molar-refractivity contribution in [1.82, 2.24) is 4.90 Å². The van der Waals surface area contributed by atoms with Gasteiger partial charge in [0.25, 0.3) is 0 Å². The molecule has 0 radical (unpaired) electrons. The molecule has 1 rings (SSSR count). The highest BCUT2D eigenvalue weighted by molar-refractivity contribution is 7.99. The maximum atomic E-state index is 13.8. The summed E-state index contributed by atoms with van der Waals surface area (Å²) in [6.45, 7) is 4.81. The minimum absolute atomic E-state index is 0.0429. The van der Waals surface area contributed by atoms with E-state index in [9.17, 15) is 4.39 Å². The summed E-state index contributed by atoms with van der Waals surface area (Å²) >= 11 is 1.92. The molecule has 4 heteroatoms. The number of halogens is 1.